The van der Waals surface area contributed by atoms with Crippen molar-refractivity contribution < 1.29 is 38.2 Å². The van der Waals surface area contributed by atoms with Crippen LogP contribution in [0.4, 0.5) is 5.69 Å². The molecule has 2 rings (SSSR count). The van der Waals surface area contributed by atoms with Crippen molar-refractivity contribution in [1.29, 1.82) is 0 Å². The Labute approximate surface area is 166 Å². The Morgan fingerprint density at radius 2 is 1.69 bits per heavy atom. The molecule has 0 bridgehead atoms. The number of hydrogen-bond acceptors (Lipinski definition) is 9. The van der Waals surface area contributed by atoms with Crippen molar-refractivity contribution in [2.45, 2.75) is 12.7 Å². The first kappa shape index (κ1) is 21.5. The summed E-state index contributed by atoms with van der Waals surface area (Å²) in [6, 6.07) is 8.93. The molecule has 0 fully saturated rings. The van der Waals surface area contributed by atoms with Crippen molar-refractivity contribution in [1.82, 2.24) is 0 Å². The van der Waals surface area contributed by atoms with Crippen LogP contribution in [-0.2, 0) is 25.7 Å². The van der Waals surface area contributed by atoms with Crippen molar-refractivity contribution in [3.8, 4) is 17.2 Å². The van der Waals surface area contributed by atoms with Crippen LogP contribution in [0.5, 0.6) is 17.2 Å². The van der Waals surface area contributed by atoms with Gasteiger partial charge in [-0.2, -0.15) is 0 Å². The third-order valence-corrected chi connectivity index (χ3v) is 3.93. The molecule has 0 aliphatic carbocycles. The zero-order chi connectivity index (χ0) is 21.4. The topological polar surface area (TPSA) is 123 Å². The molecule has 0 aromatic heterocycles. The second-order valence-corrected chi connectivity index (χ2v) is 5.56. The number of nitrogens with zero attached hydrogens (tertiary/aromatic N) is 1. The Bertz CT molecular complexity index is 880. The Hall–Kier alpha value is -3.82. The van der Waals surface area contributed by atoms with Gasteiger partial charge in [0.05, 0.1) is 37.9 Å². The van der Waals surface area contributed by atoms with Crippen LogP contribution in [0, 0.1) is 10.1 Å². The molecule has 10 nitrogen and oxygen atoms in total. The Balaban J connectivity index is 2.32. The lowest BCUT2D eigenvalue weighted by atomic mass is 10.1. The summed E-state index contributed by atoms with van der Waals surface area (Å²) in [5.74, 6) is -0.212. The van der Waals surface area contributed by atoms with Crippen LogP contribution in [0.1, 0.15) is 17.2 Å². The van der Waals surface area contributed by atoms with Crippen LogP contribution in [0.15, 0.2) is 36.4 Å². The van der Waals surface area contributed by atoms with E-state index in [1.165, 1.54) is 27.4 Å². The van der Waals surface area contributed by atoms with E-state index in [0.717, 1.165) is 12.5 Å². The standard InChI is InChI=1S/C19H18NO9/c1-25-13-6-4-12(5-7-13)10-28-19(22)18(29-11-21)14-8-16(26-2)17(27-3)9-15(14)20(23)24/h4-9,18H,10H2,1-3H3. The van der Waals surface area contributed by atoms with E-state index in [0.29, 0.717) is 11.3 Å². The van der Waals surface area contributed by atoms with Gasteiger partial charge in [0.15, 0.2) is 11.5 Å². The molecular weight excluding hydrogens is 386 g/mol. The minimum Gasteiger partial charge on any atom is -0.497 e. The second-order valence-electron chi connectivity index (χ2n) is 5.56. The first-order valence-corrected chi connectivity index (χ1v) is 8.17. The smallest absolute Gasteiger partial charge is 0.418 e. The SMILES string of the molecule is COc1ccc(COC(=O)C(O[C]=O)c2cc(OC)c(OC)cc2[N+](=O)[O-])cc1. The fraction of sp³-hybridized carbons (Fsp3) is 0.263. The zero-order valence-electron chi connectivity index (χ0n) is 15.9. The van der Waals surface area contributed by atoms with Gasteiger partial charge in [-0.3, -0.25) is 10.1 Å². The fourth-order valence-electron chi connectivity index (χ4n) is 2.49. The maximum atomic E-state index is 12.5. The number of hydrogen-bond donors (Lipinski definition) is 0. The van der Waals surface area contributed by atoms with Crippen LogP contribution < -0.4 is 14.2 Å². The number of esters is 1. The van der Waals surface area contributed by atoms with Crippen LogP contribution in [0.2, 0.25) is 0 Å². The average Bonchev–Trinajstić information content (AvgIpc) is 2.75. The first-order valence-electron chi connectivity index (χ1n) is 8.17. The predicted molar refractivity (Wildman–Crippen MR) is 98.5 cm³/mol. The van der Waals surface area contributed by atoms with E-state index in [-0.39, 0.29) is 23.7 Å². The lowest BCUT2D eigenvalue weighted by molar-refractivity contribution is -0.386. The molecule has 29 heavy (non-hydrogen) atoms. The van der Waals surface area contributed by atoms with Crippen LogP contribution in [-0.4, -0.2) is 38.7 Å². The highest BCUT2D eigenvalue weighted by Gasteiger charge is 2.33. The molecule has 0 aliphatic heterocycles. The first-order chi connectivity index (χ1) is 13.9. The Kier molecular flexibility index (Phi) is 7.35. The van der Waals surface area contributed by atoms with E-state index in [9.17, 15) is 19.7 Å². The van der Waals surface area contributed by atoms with Gasteiger partial charge < -0.3 is 23.7 Å². The van der Waals surface area contributed by atoms with Crippen molar-refractivity contribution in [3.63, 3.8) is 0 Å². The van der Waals surface area contributed by atoms with Gasteiger partial charge in [0, 0.05) is 0 Å². The van der Waals surface area contributed by atoms with Crippen LogP contribution in [0.25, 0.3) is 0 Å². The zero-order valence-corrected chi connectivity index (χ0v) is 15.9. The summed E-state index contributed by atoms with van der Waals surface area (Å²) in [6.45, 7) is 0.980. The number of carbonyl (C=O) groups excluding carboxylic acids is 2. The summed E-state index contributed by atoms with van der Waals surface area (Å²) in [4.78, 5) is 34.0. The maximum absolute atomic E-state index is 12.5. The highest BCUT2D eigenvalue weighted by atomic mass is 16.6. The molecule has 0 spiro atoms. The number of benzene rings is 2. The quantitative estimate of drug-likeness (QED) is 0.334. The summed E-state index contributed by atoms with van der Waals surface area (Å²) < 4.78 is 25.0. The van der Waals surface area contributed by atoms with Crippen molar-refractivity contribution in [3.05, 3.63) is 57.6 Å². The number of nitro groups is 1. The molecule has 2 aromatic carbocycles. The van der Waals surface area contributed by atoms with E-state index in [2.05, 4.69) is 4.74 Å². The predicted octanol–water partition coefficient (Wildman–Crippen LogP) is 2.49. The van der Waals surface area contributed by atoms with Gasteiger partial charge >= 0.3 is 12.4 Å². The highest BCUT2D eigenvalue weighted by Crippen LogP contribution is 2.38. The number of ether oxygens (including phenoxy) is 5. The average molecular weight is 404 g/mol. The molecule has 0 saturated carbocycles. The van der Waals surface area contributed by atoms with Crippen LogP contribution in [0.3, 0.4) is 0 Å². The van der Waals surface area contributed by atoms with E-state index < -0.39 is 22.7 Å². The molecule has 1 unspecified atom stereocenters. The lowest BCUT2D eigenvalue weighted by Gasteiger charge is -2.16. The number of rotatable bonds is 10. The second kappa shape index (κ2) is 9.93. The van der Waals surface area contributed by atoms with Crippen molar-refractivity contribution in [2.75, 3.05) is 21.3 Å². The molecule has 0 aliphatic rings. The molecular formula is C19H18NO9. The lowest BCUT2D eigenvalue weighted by Crippen LogP contribution is -2.20. The maximum Gasteiger partial charge on any atom is 0.418 e. The van der Waals surface area contributed by atoms with Gasteiger partial charge in [0.1, 0.15) is 12.4 Å². The summed E-state index contributed by atoms with van der Waals surface area (Å²) >= 11 is 0. The molecule has 153 valence electrons. The van der Waals surface area contributed by atoms with Gasteiger partial charge in [-0.15, -0.1) is 0 Å². The van der Waals surface area contributed by atoms with Gasteiger partial charge in [0.2, 0.25) is 6.10 Å². The van der Waals surface area contributed by atoms with Crippen molar-refractivity contribution >= 4 is 18.1 Å². The molecule has 0 N–H and O–H groups in total. The molecule has 0 amide bonds. The number of carbonyl (C=O) groups is 1. The summed E-state index contributed by atoms with van der Waals surface area (Å²) in [5, 5.41) is 11.5. The minimum atomic E-state index is -1.72. The molecule has 1 atom stereocenters. The summed E-state index contributed by atoms with van der Waals surface area (Å²) in [6.07, 6.45) is -1.72. The van der Waals surface area contributed by atoms with Crippen LogP contribution >= 0.6 is 0 Å². The molecule has 0 heterocycles. The molecule has 0 saturated heterocycles. The normalized spacial score (nSPS) is 11.1. The van der Waals surface area contributed by atoms with E-state index in [1.54, 1.807) is 24.3 Å². The highest BCUT2D eigenvalue weighted by molar-refractivity contribution is 5.80. The minimum absolute atomic E-state index is 0.0726. The largest absolute Gasteiger partial charge is 0.497 e. The van der Waals surface area contributed by atoms with Gasteiger partial charge in [0.25, 0.3) is 5.69 Å². The number of methoxy groups -OCH3 is 3. The molecule has 2 aromatic rings. The number of nitro benzene ring substituents is 1. The Morgan fingerprint density at radius 1 is 1.07 bits per heavy atom. The Morgan fingerprint density at radius 3 is 2.21 bits per heavy atom. The van der Waals surface area contributed by atoms with E-state index >= 15 is 0 Å². The van der Waals surface area contributed by atoms with Gasteiger partial charge in [-0.05, 0) is 23.8 Å². The fourth-order valence-corrected chi connectivity index (χ4v) is 2.49. The van der Waals surface area contributed by atoms with E-state index in [4.69, 9.17) is 18.9 Å². The van der Waals surface area contributed by atoms with Gasteiger partial charge in [-0.25, -0.2) is 9.59 Å². The summed E-state index contributed by atoms with van der Waals surface area (Å²) in [5.41, 5.74) is -0.116. The third-order valence-electron chi connectivity index (χ3n) is 3.93. The van der Waals surface area contributed by atoms with E-state index in [1.807, 2.05) is 0 Å². The molecule has 10 heteroatoms. The van der Waals surface area contributed by atoms with Gasteiger partial charge in [-0.1, -0.05) is 12.1 Å². The summed E-state index contributed by atoms with van der Waals surface area (Å²) in [7, 11) is 4.14. The third kappa shape index (κ3) is 5.12. The van der Waals surface area contributed by atoms with Crippen molar-refractivity contribution in [2.24, 2.45) is 0 Å². The monoisotopic (exact) mass is 404 g/mol. The molecule has 1 radical (unpaired) electrons.